The highest BCUT2D eigenvalue weighted by Crippen LogP contribution is 2.28. The molecule has 2 rings (SSSR count). The van der Waals surface area contributed by atoms with E-state index in [2.05, 4.69) is 10.2 Å². The number of halogens is 1. The molecule has 22 heavy (non-hydrogen) atoms. The molecule has 108 valence electrons. The molecule has 0 aliphatic heterocycles. The van der Waals surface area contributed by atoms with Crippen LogP contribution in [0.15, 0.2) is 58.8 Å². The van der Waals surface area contributed by atoms with Crippen molar-refractivity contribution in [3.05, 3.63) is 64.7 Å². The molecule has 0 bridgehead atoms. The van der Waals surface area contributed by atoms with E-state index >= 15 is 0 Å². The Bertz CT molecular complexity index is 722. The van der Waals surface area contributed by atoms with Crippen molar-refractivity contribution in [3.63, 3.8) is 0 Å². The average Bonchev–Trinajstić information content (AvgIpc) is 2.54. The van der Waals surface area contributed by atoms with Gasteiger partial charge < -0.3 is 0 Å². The third-order valence-corrected chi connectivity index (χ3v) is 3.39. The molecule has 0 aliphatic rings. The second kappa shape index (κ2) is 7.36. The molecule has 1 unspecified atom stereocenters. The molecule has 2 aromatic rings. The lowest BCUT2D eigenvalue weighted by molar-refractivity contribution is 0.612. The molecule has 0 saturated heterocycles. The minimum atomic E-state index is -0.907. The van der Waals surface area contributed by atoms with Crippen LogP contribution in [-0.2, 0) is 0 Å². The Balaban J connectivity index is 2.33. The minimum absolute atomic E-state index is 0.587. The molecule has 0 fully saturated rings. The summed E-state index contributed by atoms with van der Waals surface area (Å²) in [6, 6.07) is 17.7. The van der Waals surface area contributed by atoms with E-state index < -0.39 is 12.0 Å². The van der Waals surface area contributed by atoms with Crippen LogP contribution in [0, 0.1) is 35.5 Å². The Morgan fingerprint density at radius 1 is 0.955 bits per heavy atom. The Kier molecular flexibility index (Phi) is 5.25. The molecule has 1 atom stereocenters. The van der Waals surface area contributed by atoms with Gasteiger partial charge in [-0.05, 0) is 36.8 Å². The summed E-state index contributed by atoms with van der Waals surface area (Å²) in [6.07, 6.45) is 0. The number of aryl methyl sites for hydroxylation is 1. The van der Waals surface area contributed by atoms with Crippen molar-refractivity contribution in [2.24, 2.45) is 16.1 Å². The van der Waals surface area contributed by atoms with Crippen LogP contribution >= 0.6 is 11.6 Å². The van der Waals surface area contributed by atoms with Crippen LogP contribution in [0.3, 0.4) is 0 Å². The summed E-state index contributed by atoms with van der Waals surface area (Å²) >= 11 is 5.87. The molecule has 0 N–H and O–H groups in total. The Morgan fingerprint density at radius 2 is 1.55 bits per heavy atom. The summed E-state index contributed by atoms with van der Waals surface area (Å²) < 4.78 is 0. The SMILES string of the molecule is Cc1ccc(N=NC(c2ccc(Cl)cc2)C(C#N)C#N)cc1. The second-order valence-electron chi connectivity index (χ2n) is 4.78. The van der Waals surface area contributed by atoms with E-state index in [0.29, 0.717) is 10.7 Å². The van der Waals surface area contributed by atoms with E-state index in [4.69, 9.17) is 22.1 Å². The maximum Gasteiger partial charge on any atom is 0.161 e. The summed E-state index contributed by atoms with van der Waals surface area (Å²) in [5.74, 6) is -0.907. The van der Waals surface area contributed by atoms with Gasteiger partial charge in [0.1, 0.15) is 6.04 Å². The molecule has 2 aromatic carbocycles. The molecule has 4 nitrogen and oxygen atoms in total. The normalized spacial score (nSPS) is 12.0. The van der Waals surface area contributed by atoms with Crippen molar-refractivity contribution in [3.8, 4) is 12.1 Å². The lowest BCUT2D eigenvalue weighted by atomic mass is 9.96. The average molecular weight is 309 g/mol. The predicted molar refractivity (Wildman–Crippen MR) is 84.6 cm³/mol. The molecular weight excluding hydrogens is 296 g/mol. The largest absolute Gasteiger partial charge is 0.197 e. The van der Waals surface area contributed by atoms with Gasteiger partial charge in [-0.3, -0.25) is 0 Å². The van der Waals surface area contributed by atoms with Gasteiger partial charge in [0.25, 0.3) is 0 Å². The smallest absolute Gasteiger partial charge is 0.161 e. The lowest BCUT2D eigenvalue weighted by Gasteiger charge is -2.12. The van der Waals surface area contributed by atoms with Crippen LogP contribution in [0.2, 0.25) is 5.02 Å². The van der Waals surface area contributed by atoms with Crippen molar-refractivity contribution in [1.82, 2.24) is 0 Å². The van der Waals surface area contributed by atoms with E-state index in [0.717, 1.165) is 11.1 Å². The van der Waals surface area contributed by atoms with Gasteiger partial charge in [-0.25, -0.2) is 0 Å². The van der Waals surface area contributed by atoms with E-state index in [1.54, 1.807) is 24.3 Å². The fourth-order valence-corrected chi connectivity index (χ4v) is 2.02. The van der Waals surface area contributed by atoms with Crippen molar-refractivity contribution < 1.29 is 0 Å². The zero-order chi connectivity index (χ0) is 15.9. The standard InChI is InChI=1S/C17H13ClN4/c1-12-2-8-16(9-3-12)21-22-17(14(10-19)11-20)13-4-6-15(18)7-5-13/h2-9,14,17H,1H3. The Labute approximate surface area is 134 Å². The van der Waals surface area contributed by atoms with Gasteiger partial charge in [0.2, 0.25) is 0 Å². The summed E-state index contributed by atoms with van der Waals surface area (Å²) in [4.78, 5) is 0. The maximum atomic E-state index is 9.15. The lowest BCUT2D eigenvalue weighted by Crippen LogP contribution is -2.06. The number of benzene rings is 2. The van der Waals surface area contributed by atoms with Crippen molar-refractivity contribution >= 4 is 17.3 Å². The number of nitrogens with zero attached hydrogens (tertiary/aromatic N) is 4. The van der Waals surface area contributed by atoms with E-state index in [1.165, 1.54) is 0 Å². The number of rotatable bonds is 4. The van der Waals surface area contributed by atoms with Crippen molar-refractivity contribution in [1.29, 1.82) is 10.5 Å². The number of azo groups is 1. The van der Waals surface area contributed by atoms with E-state index in [-0.39, 0.29) is 0 Å². The third kappa shape index (κ3) is 3.91. The first-order valence-electron chi connectivity index (χ1n) is 6.66. The summed E-state index contributed by atoms with van der Waals surface area (Å²) in [7, 11) is 0. The van der Waals surface area contributed by atoms with E-state index in [1.807, 2.05) is 43.3 Å². The molecule has 5 heteroatoms. The van der Waals surface area contributed by atoms with Crippen LogP contribution < -0.4 is 0 Å². The third-order valence-electron chi connectivity index (χ3n) is 3.14. The van der Waals surface area contributed by atoms with Gasteiger partial charge in [-0.1, -0.05) is 41.4 Å². The molecule has 0 aliphatic carbocycles. The van der Waals surface area contributed by atoms with E-state index in [9.17, 15) is 0 Å². The Hall–Kier alpha value is -2.69. The van der Waals surface area contributed by atoms with Crippen LogP contribution in [0.5, 0.6) is 0 Å². The van der Waals surface area contributed by atoms with Crippen molar-refractivity contribution in [2.45, 2.75) is 13.0 Å². The van der Waals surface area contributed by atoms with Gasteiger partial charge in [-0.15, -0.1) is 0 Å². The fraction of sp³-hybridized carbons (Fsp3) is 0.176. The fourth-order valence-electron chi connectivity index (χ4n) is 1.90. The molecule has 0 radical (unpaired) electrons. The van der Waals surface area contributed by atoms with Gasteiger partial charge in [-0.2, -0.15) is 20.8 Å². The highest BCUT2D eigenvalue weighted by molar-refractivity contribution is 6.30. The first-order valence-corrected chi connectivity index (χ1v) is 7.04. The van der Waals surface area contributed by atoms with Crippen molar-refractivity contribution in [2.75, 3.05) is 0 Å². The highest BCUT2D eigenvalue weighted by Gasteiger charge is 2.22. The van der Waals surface area contributed by atoms with Gasteiger partial charge in [0.05, 0.1) is 17.8 Å². The van der Waals surface area contributed by atoms with Gasteiger partial charge >= 0.3 is 0 Å². The van der Waals surface area contributed by atoms with Gasteiger partial charge in [0.15, 0.2) is 5.92 Å². The zero-order valence-corrected chi connectivity index (χ0v) is 12.7. The van der Waals surface area contributed by atoms with Gasteiger partial charge in [0, 0.05) is 5.02 Å². The van der Waals surface area contributed by atoms with Crippen LogP contribution in [-0.4, -0.2) is 0 Å². The molecule has 0 amide bonds. The maximum absolute atomic E-state index is 9.15. The number of hydrogen-bond acceptors (Lipinski definition) is 4. The summed E-state index contributed by atoms with van der Waals surface area (Å²) in [6.45, 7) is 1.98. The minimum Gasteiger partial charge on any atom is -0.197 e. The molecule has 0 aromatic heterocycles. The van der Waals surface area contributed by atoms with Crippen LogP contribution in [0.1, 0.15) is 17.2 Å². The second-order valence-corrected chi connectivity index (χ2v) is 5.22. The summed E-state index contributed by atoms with van der Waals surface area (Å²) in [5.41, 5.74) is 2.53. The van der Waals surface area contributed by atoms with Crippen LogP contribution in [0.25, 0.3) is 0 Å². The predicted octanol–water partition coefficient (Wildman–Crippen LogP) is 5.14. The zero-order valence-electron chi connectivity index (χ0n) is 11.9. The molecule has 0 heterocycles. The summed E-state index contributed by atoms with van der Waals surface area (Å²) in [5, 5.41) is 27.2. The first-order chi connectivity index (χ1) is 10.6. The number of nitriles is 2. The number of hydrogen-bond donors (Lipinski definition) is 0. The van der Waals surface area contributed by atoms with Crippen LogP contribution in [0.4, 0.5) is 5.69 Å². The molecule has 0 spiro atoms. The first kappa shape index (κ1) is 15.7. The molecular formula is C17H13ClN4. The molecule has 0 saturated carbocycles. The quantitative estimate of drug-likeness (QED) is 0.734. The monoisotopic (exact) mass is 308 g/mol. The Morgan fingerprint density at radius 3 is 2.09 bits per heavy atom. The topological polar surface area (TPSA) is 72.3 Å². The highest BCUT2D eigenvalue weighted by atomic mass is 35.5.